The molecule has 0 saturated heterocycles. The zero-order chi connectivity index (χ0) is 15.4. The van der Waals surface area contributed by atoms with Gasteiger partial charge in [0.15, 0.2) is 5.11 Å². The van der Waals surface area contributed by atoms with Crippen LogP contribution < -0.4 is 10.7 Å². The highest BCUT2D eigenvalue weighted by molar-refractivity contribution is 9.11. The molecule has 3 nitrogen and oxygen atoms in total. The summed E-state index contributed by atoms with van der Waals surface area (Å²) in [6.07, 6.45) is 0. The van der Waals surface area contributed by atoms with Crippen LogP contribution in [0.2, 0.25) is 5.02 Å². The molecule has 0 fully saturated rings. The predicted octanol–water partition coefficient (Wildman–Crippen LogP) is 5.18. The van der Waals surface area contributed by atoms with Crippen LogP contribution in [0.3, 0.4) is 0 Å². The lowest BCUT2D eigenvalue weighted by atomic mass is 10.2. The maximum Gasteiger partial charge on any atom is 0.191 e. The largest absolute Gasteiger partial charge is 0.331 e. The molecule has 0 radical (unpaired) electrons. The molecule has 0 aliphatic heterocycles. The molecule has 1 aromatic carbocycles. The van der Waals surface area contributed by atoms with E-state index in [1.807, 2.05) is 44.2 Å². The molecular formula is C14H13BrClN3S2. The van der Waals surface area contributed by atoms with E-state index in [1.165, 1.54) is 0 Å². The van der Waals surface area contributed by atoms with E-state index in [4.69, 9.17) is 23.8 Å². The Morgan fingerprint density at radius 2 is 2.10 bits per heavy atom. The zero-order valence-electron chi connectivity index (χ0n) is 11.4. The summed E-state index contributed by atoms with van der Waals surface area (Å²) in [6, 6.07) is 9.63. The van der Waals surface area contributed by atoms with Gasteiger partial charge in [0.1, 0.15) is 0 Å². The Bertz CT molecular complexity index is 697. The molecule has 1 aromatic heterocycles. The van der Waals surface area contributed by atoms with Gasteiger partial charge in [-0.25, -0.2) is 0 Å². The Labute approximate surface area is 146 Å². The van der Waals surface area contributed by atoms with Crippen molar-refractivity contribution in [2.24, 2.45) is 5.10 Å². The Morgan fingerprint density at radius 3 is 2.76 bits per heavy atom. The second-order valence-electron chi connectivity index (χ2n) is 4.28. The number of thiophene rings is 1. The minimum absolute atomic E-state index is 0.426. The third-order valence-electron chi connectivity index (χ3n) is 2.77. The summed E-state index contributed by atoms with van der Waals surface area (Å²) < 4.78 is 1.07. The SMILES string of the molecule is C/C(=N/NC(=S)Nc1cccc(Cl)c1C)c1ccc(Br)s1. The number of thiocarbonyl (C=S) groups is 1. The van der Waals surface area contributed by atoms with Crippen LogP contribution in [0.5, 0.6) is 0 Å². The third-order valence-corrected chi connectivity index (χ3v) is 5.11. The highest BCUT2D eigenvalue weighted by Gasteiger charge is 2.05. The monoisotopic (exact) mass is 401 g/mol. The molecular weight excluding hydrogens is 390 g/mol. The normalized spacial score (nSPS) is 11.3. The molecule has 0 unspecified atom stereocenters. The summed E-state index contributed by atoms with van der Waals surface area (Å²) in [5.41, 5.74) is 5.53. The van der Waals surface area contributed by atoms with Crippen molar-refractivity contribution in [2.75, 3.05) is 5.32 Å². The highest BCUT2D eigenvalue weighted by Crippen LogP contribution is 2.23. The van der Waals surface area contributed by atoms with Crippen LogP contribution in [-0.4, -0.2) is 10.8 Å². The lowest BCUT2D eigenvalue weighted by molar-refractivity contribution is 1.04. The Kier molecular flexibility index (Phi) is 5.75. The van der Waals surface area contributed by atoms with E-state index in [1.54, 1.807) is 11.3 Å². The van der Waals surface area contributed by atoms with Crippen molar-refractivity contribution in [3.05, 3.63) is 49.6 Å². The molecule has 110 valence electrons. The van der Waals surface area contributed by atoms with E-state index in [9.17, 15) is 0 Å². The van der Waals surface area contributed by atoms with Crippen molar-refractivity contribution >= 4 is 67.6 Å². The fraction of sp³-hybridized carbons (Fsp3) is 0.143. The van der Waals surface area contributed by atoms with Crippen LogP contribution in [0.1, 0.15) is 17.4 Å². The van der Waals surface area contributed by atoms with Crippen LogP contribution in [-0.2, 0) is 0 Å². The number of benzene rings is 1. The van der Waals surface area contributed by atoms with Gasteiger partial charge in [0.2, 0.25) is 0 Å². The minimum Gasteiger partial charge on any atom is -0.331 e. The molecule has 2 aromatic rings. The summed E-state index contributed by atoms with van der Waals surface area (Å²) in [5, 5.41) is 8.49. The minimum atomic E-state index is 0.426. The Hall–Kier alpha value is -0.950. The first kappa shape index (κ1) is 16.4. The summed E-state index contributed by atoms with van der Waals surface area (Å²) in [7, 11) is 0. The van der Waals surface area contributed by atoms with Crippen LogP contribution in [0.4, 0.5) is 5.69 Å². The summed E-state index contributed by atoms with van der Waals surface area (Å²) >= 11 is 16.4. The summed E-state index contributed by atoms with van der Waals surface area (Å²) in [4.78, 5) is 1.08. The van der Waals surface area contributed by atoms with E-state index in [2.05, 4.69) is 31.8 Å². The Morgan fingerprint density at radius 1 is 1.33 bits per heavy atom. The number of anilines is 1. The fourth-order valence-electron chi connectivity index (χ4n) is 1.59. The van der Waals surface area contributed by atoms with Crippen molar-refractivity contribution in [1.29, 1.82) is 0 Å². The van der Waals surface area contributed by atoms with Gasteiger partial charge in [-0.05, 0) is 71.8 Å². The molecule has 1 heterocycles. The molecule has 0 atom stereocenters. The third kappa shape index (κ3) is 4.51. The van der Waals surface area contributed by atoms with Crippen molar-refractivity contribution in [3.63, 3.8) is 0 Å². The van der Waals surface area contributed by atoms with Gasteiger partial charge in [-0.2, -0.15) is 5.10 Å². The van der Waals surface area contributed by atoms with Crippen molar-refractivity contribution in [1.82, 2.24) is 5.43 Å². The Balaban J connectivity index is 2.00. The average Bonchev–Trinajstić information content (AvgIpc) is 2.88. The average molecular weight is 403 g/mol. The molecule has 0 saturated carbocycles. The first-order valence-electron chi connectivity index (χ1n) is 6.09. The molecule has 0 aliphatic carbocycles. The van der Waals surface area contributed by atoms with Crippen molar-refractivity contribution in [3.8, 4) is 0 Å². The van der Waals surface area contributed by atoms with E-state index in [0.717, 1.165) is 25.6 Å². The van der Waals surface area contributed by atoms with E-state index in [-0.39, 0.29) is 0 Å². The smallest absolute Gasteiger partial charge is 0.191 e. The lowest BCUT2D eigenvalue weighted by Gasteiger charge is -2.11. The van der Waals surface area contributed by atoms with Gasteiger partial charge in [-0.3, -0.25) is 5.43 Å². The molecule has 0 bridgehead atoms. The quantitative estimate of drug-likeness (QED) is 0.422. The lowest BCUT2D eigenvalue weighted by Crippen LogP contribution is -2.25. The van der Waals surface area contributed by atoms with E-state index in [0.29, 0.717) is 10.1 Å². The second kappa shape index (κ2) is 7.35. The molecule has 0 amide bonds. The number of nitrogens with one attached hydrogen (secondary N) is 2. The van der Waals surface area contributed by atoms with Gasteiger partial charge >= 0.3 is 0 Å². The van der Waals surface area contributed by atoms with Crippen LogP contribution in [0.25, 0.3) is 0 Å². The first-order valence-corrected chi connectivity index (χ1v) is 8.49. The van der Waals surface area contributed by atoms with Crippen LogP contribution in [0, 0.1) is 6.92 Å². The number of nitrogens with zero attached hydrogens (tertiary/aromatic N) is 1. The standard InChI is InChI=1S/C14H13BrClN3S2/c1-8-10(16)4-3-5-11(8)17-14(20)19-18-9(2)12-6-7-13(15)21-12/h3-7H,1-2H3,(H2,17,19,20)/b18-9-. The summed E-state index contributed by atoms with van der Waals surface area (Å²) in [6.45, 7) is 3.86. The number of hydrogen-bond acceptors (Lipinski definition) is 3. The first-order chi connectivity index (χ1) is 9.97. The maximum absolute atomic E-state index is 6.07. The molecule has 2 N–H and O–H groups in total. The summed E-state index contributed by atoms with van der Waals surface area (Å²) in [5.74, 6) is 0. The van der Waals surface area contributed by atoms with E-state index < -0.39 is 0 Å². The topological polar surface area (TPSA) is 36.4 Å². The second-order valence-corrected chi connectivity index (χ2v) is 7.56. The molecule has 21 heavy (non-hydrogen) atoms. The number of rotatable bonds is 3. The number of halogens is 2. The van der Waals surface area contributed by atoms with Gasteiger partial charge in [0.05, 0.1) is 14.4 Å². The zero-order valence-corrected chi connectivity index (χ0v) is 15.4. The van der Waals surface area contributed by atoms with Crippen molar-refractivity contribution < 1.29 is 0 Å². The maximum atomic E-state index is 6.07. The molecule has 2 rings (SSSR count). The highest BCUT2D eigenvalue weighted by atomic mass is 79.9. The number of hydrazone groups is 1. The van der Waals surface area contributed by atoms with Gasteiger partial charge in [-0.15, -0.1) is 11.3 Å². The van der Waals surface area contributed by atoms with Gasteiger partial charge in [0, 0.05) is 10.7 Å². The predicted molar refractivity (Wildman–Crippen MR) is 99.8 cm³/mol. The molecule has 7 heteroatoms. The van der Waals surface area contributed by atoms with Crippen LogP contribution >= 0.6 is 51.1 Å². The van der Waals surface area contributed by atoms with Gasteiger partial charge < -0.3 is 5.32 Å². The molecule has 0 spiro atoms. The van der Waals surface area contributed by atoms with E-state index >= 15 is 0 Å². The van der Waals surface area contributed by atoms with Gasteiger partial charge in [-0.1, -0.05) is 17.7 Å². The fourth-order valence-corrected chi connectivity index (χ4v) is 3.25. The number of hydrogen-bond donors (Lipinski definition) is 2. The van der Waals surface area contributed by atoms with Gasteiger partial charge in [0.25, 0.3) is 0 Å². The van der Waals surface area contributed by atoms with Crippen LogP contribution in [0.15, 0.2) is 39.2 Å². The molecule has 0 aliphatic rings. The van der Waals surface area contributed by atoms with Crippen molar-refractivity contribution in [2.45, 2.75) is 13.8 Å².